The summed E-state index contributed by atoms with van der Waals surface area (Å²) in [5.41, 5.74) is 1.56. The van der Waals surface area contributed by atoms with Gasteiger partial charge < -0.3 is 15.0 Å². The van der Waals surface area contributed by atoms with Crippen molar-refractivity contribution in [2.45, 2.75) is 26.2 Å². The molecule has 2 amide bonds. The molecule has 0 bridgehead atoms. The molecule has 1 N–H and O–H groups in total. The second kappa shape index (κ2) is 11.7. The molecule has 1 heterocycles. The van der Waals surface area contributed by atoms with Crippen molar-refractivity contribution in [3.05, 3.63) is 71.3 Å². The number of hydrogen-bond acceptors (Lipinski definition) is 3. The molecular weight excluding hydrogens is 414 g/mol. The van der Waals surface area contributed by atoms with Crippen LogP contribution in [0.5, 0.6) is 0 Å². The fourth-order valence-electron chi connectivity index (χ4n) is 3.84. The molecule has 0 unspecified atom stereocenters. The zero-order valence-electron chi connectivity index (χ0n) is 18.4. The maximum Gasteiger partial charge on any atom is 0.227 e. The molecule has 172 valence electrons. The third-order valence-electron chi connectivity index (χ3n) is 5.77. The van der Waals surface area contributed by atoms with E-state index in [1.54, 1.807) is 23.1 Å². The van der Waals surface area contributed by atoms with Crippen molar-refractivity contribution < 1.29 is 23.1 Å². The van der Waals surface area contributed by atoms with Crippen LogP contribution in [0.4, 0.5) is 8.78 Å². The average molecular weight is 445 g/mol. The summed E-state index contributed by atoms with van der Waals surface area (Å²) in [5.74, 6) is -1.64. The predicted molar refractivity (Wildman–Crippen MR) is 118 cm³/mol. The number of carbonyl (C=O) groups is 2. The first-order valence-corrected chi connectivity index (χ1v) is 11.1. The highest BCUT2D eigenvalue weighted by Gasteiger charge is 2.27. The molecule has 0 saturated carbocycles. The largest absolute Gasteiger partial charge is 0.378 e. The van der Waals surface area contributed by atoms with Crippen LogP contribution >= 0.6 is 0 Å². The van der Waals surface area contributed by atoms with Gasteiger partial charge in [0, 0.05) is 25.6 Å². The van der Waals surface area contributed by atoms with Crippen molar-refractivity contribution in [1.29, 1.82) is 0 Å². The molecule has 1 fully saturated rings. The van der Waals surface area contributed by atoms with E-state index in [2.05, 4.69) is 5.32 Å². The van der Waals surface area contributed by atoms with Gasteiger partial charge in [0.25, 0.3) is 0 Å². The van der Waals surface area contributed by atoms with Crippen molar-refractivity contribution in [3.63, 3.8) is 0 Å². The number of benzene rings is 2. The smallest absolute Gasteiger partial charge is 0.227 e. The van der Waals surface area contributed by atoms with E-state index in [0.717, 1.165) is 5.56 Å². The molecule has 32 heavy (non-hydrogen) atoms. The zero-order chi connectivity index (χ0) is 22.9. The Labute approximate surface area is 187 Å². The molecule has 1 saturated heterocycles. The van der Waals surface area contributed by atoms with Gasteiger partial charge >= 0.3 is 0 Å². The fraction of sp³-hybridized carbons (Fsp3) is 0.440. The molecular formula is C25H30F2N2O3. The van der Waals surface area contributed by atoms with E-state index in [9.17, 15) is 18.4 Å². The van der Waals surface area contributed by atoms with Crippen LogP contribution in [0.25, 0.3) is 0 Å². The summed E-state index contributed by atoms with van der Waals surface area (Å²) in [6.07, 6.45) is 1.50. The Bertz CT molecular complexity index is 916. The van der Waals surface area contributed by atoms with Gasteiger partial charge in [-0.05, 0) is 54.7 Å². The first-order chi connectivity index (χ1) is 15.4. The van der Waals surface area contributed by atoms with Gasteiger partial charge in [-0.2, -0.15) is 0 Å². The number of nitrogens with one attached hydrogen (secondary N) is 1. The summed E-state index contributed by atoms with van der Waals surface area (Å²) in [7, 11) is 0. The lowest BCUT2D eigenvalue weighted by Gasteiger charge is -2.31. The Balaban J connectivity index is 1.58. The second-order valence-corrected chi connectivity index (χ2v) is 8.28. The Hall–Kier alpha value is -2.80. The van der Waals surface area contributed by atoms with Crippen LogP contribution in [0.15, 0.2) is 48.5 Å². The van der Waals surface area contributed by atoms with E-state index >= 15 is 0 Å². The highest BCUT2D eigenvalue weighted by molar-refractivity contribution is 5.82. The maximum atomic E-state index is 13.6. The minimum atomic E-state index is -0.491. The third kappa shape index (κ3) is 7.12. The Morgan fingerprint density at radius 2 is 1.66 bits per heavy atom. The van der Waals surface area contributed by atoms with Gasteiger partial charge in [0.05, 0.1) is 19.1 Å². The lowest BCUT2D eigenvalue weighted by molar-refractivity contribution is -0.139. The van der Waals surface area contributed by atoms with Crippen molar-refractivity contribution in [2.24, 2.45) is 11.8 Å². The Morgan fingerprint density at radius 1 is 1.03 bits per heavy atom. The number of rotatable bonds is 9. The number of ether oxygens (including phenoxy) is 1. The SMILES string of the molecule is C[C@H](CCc1cccc(F)c1)C(=O)NC[C@H](Cc1cccc(F)c1)C(=O)N1CCOCC1. The van der Waals surface area contributed by atoms with E-state index in [4.69, 9.17) is 4.74 Å². The van der Waals surface area contributed by atoms with Crippen LogP contribution in [0.1, 0.15) is 24.5 Å². The number of hydrogen-bond donors (Lipinski definition) is 1. The van der Waals surface area contributed by atoms with Gasteiger partial charge in [-0.25, -0.2) is 8.78 Å². The van der Waals surface area contributed by atoms with E-state index in [1.807, 2.05) is 13.0 Å². The molecule has 2 aromatic rings. The second-order valence-electron chi connectivity index (χ2n) is 8.28. The molecule has 0 spiro atoms. The lowest BCUT2D eigenvalue weighted by atomic mass is 9.96. The van der Waals surface area contributed by atoms with E-state index in [-0.39, 0.29) is 35.9 Å². The number of carbonyl (C=O) groups excluding carboxylic acids is 2. The maximum absolute atomic E-state index is 13.6. The summed E-state index contributed by atoms with van der Waals surface area (Å²) in [5, 5.41) is 2.90. The first-order valence-electron chi connectivity index (χ1n) is 11.1. The topological polar surface area (TPSA) is 58.6 Å². The summed E-state index contributed by atoms with van der Waals surface area (Å²) in [6.45, 7) is 3.99. The molecule has 2 aromatic carbocycles. The standard InChI is InChI=1S/C25H30F2N2O3/c1-18(8-9-19-4-2-6-22(26)15-19)24(30)28-17-21(14-20-5-3-7-23(27)16-20)25(31)29-10-12-32-13-11-29/h2-7,15-16,18,21H,8-14,17H2,1H3,(H,28,30)/t18-,21+/m1/s1. The fourth-order valence-corrected chi connectivity index (χ4v) is 3.84. The Morgan fingerprint density at radius 3 is 2.31 bits per heavy atom. The molecule has 1 aliphatic heterocycles. The molecule has 5 nitrogen and oxygen atoms in total. The van der Waals surface area contributed by atoms with Gasteiger partial charge in [-0.3, -0.25) is 9.59 Å². The van der Waals surface area contributed by atoms with Crippen LogP contribution in [0.3, 0.4) is 0 Å². The summed E-state index contributed by atoms with van der Waals surface area (Å²) in [4.78, 5) is 27.5. The van der Waals surface area contributed by atoms with Crippen LogP contribution in [0, 0.1) is 23.5 Å². The van der Waals surface area contributed by atoms with E-state index in [1.165, 1.54) is 24.3 Å². The molecule has 1 aliphatic rings. The molecule has 2 atom stereocenters. The summed E-state index contributed by atoms with van der Waals surface area (Å²) < 4.78 is 32.3. The zero-order valence-corrected chi connectivity index (χ0v) is 18.4. The van der Waals surface area contributed by atoms with Crippen molar-refractivity contribution in [2.75, 3.05) is 32.8 Å². The molecule has 0 aliphatic carbocycles. The predicted octanol–water partition coefficient (Wildman–Crippen LogP) is 3.37. The number of nitrogens with zero attached hydrogens (tertiary/aromatic N) is 1. The highest BCUT2D eigenvalue weighted by Crippen LogP contribution is 2.16. The number of morpholine rings is 1. The highest BCUT2D eigenvalue weighted by atomic mass is 19.1. The van der Waals surface area contributed by atoms with Gasteiger partial charge in [0.1, 0.15) is 11.6 Å². The number of halogens is 2. The van der Waals surface area contributed by atoms with Crippen LogP contribution in [-0.2, 0) is 27.2 Å². The number of amides is 2. The molecule has 7 heteroatoms. The van der Waals surface area contributed by atoms with Gasteiger partial charge in [0.2, 0.25) is 11.8 Å². The van der Waals surface area contributed by atoms with Gasteiger partial charge in [-0.1, -0.05) is 31.2 Å². The van der Waals surface area contributed by atoms with Crippen LogP contribution < -0.4 is 5.32 Å². The van der Waals surface area contributed by atoms with E-state index in [0.29, 0.717) is 51.1 Å². The van der Waals surface area contributed by atoms with Gasteiger partial charge in [-0.15, -0.1) is 0 Å². The monoisotopic (exact) mass is 444 g/mol. The normalized spacial score (nSPS) is 15.8. The van der Waals surface area contributed by atoms with Crippen molar-refractivity contribution in [1.82, 2.24) is 10.2 Å². The molecule has 0 radical (unpaired) electrons. The summed E-state index contributed by atoms with van der Waals surface area (Å²) in [6, 6.07) is 12.5. The quantitative estimate of drug-likeness (QED) is 0.645. The van der Waals surface area contributed by atoms with Crippen LogP contribution in [-0.4, -0.2) is 49.6 Å². The van der Waals surface area contributed by atoms with Crippen LogP contribution in [0.2, 0.25) is 0 Å². The van der Waals surface area contributed by atoms with Crippen molar-refractivity contribution in [3.8, 4) is 0 Å². The van der Waals surface area contributed by atoms with Gasteiger partial charge in [0.15, 0.2) is 0 Å². The number of aryl methyl sites for hydroxylation is 1. The minimum Gasteiger partial charge on any atom is -0.378 e. The van der Waals surface area contributed by atoms with E-state index < -0.39 is 5.92 Å². The first kappa shape index (κ1) is 23.9. The molecule has 3 rings (SSSR count). The molecule has 0 aromatic heterocycles. The third-order valence-corrected chi connectivity index (χ3v) is 5.77. The van der Waals surface area contributed by atoms with Crippen molar-refractivity contribution >= 4 is 11.8 Å². The Kier molecular flexibility index (Phi) is 8.73. The lowest BCUT2D eigenvalue weighted by Crippen LogP contribution is -2.47. The average Bonchev–Trinajstić information content (AvgIpc) is 2.80. The summed E-state index contributed by atoms with van der Waals surface area (Å²) >= 11 is 0. The minimum absolute atomic E-state index is 0.0646.